The lowest BCUT2D eigenvalue weighted by Crippen LogP contribution is -2.02. The molecule has 0 atom stereocenters. The van der Waals surface area contributed by atoms with Crippen LogP contribution in [-0.2, 0) is 4.79 Å². The predicted octanol–water partition coefficient (Wildman–Crippen LogP) is 3.49. The summed E-state index contributed by atoms with van der Waals surface area (Å²) in [5, 5.41) is 0. The van der Waals surface area contributed by atoms with E-state index in [4.69, 9.17) is 4.74 Å². The molecule has 0 bridgehead atoms. The van der Waals surface area contributed by atoms with Gasteiger partial charge in [0.1, 0.15) is 5.75 Å². The van der Waals surface area contributed by atoms with E-state index >= 15 is 0 Å². The molecule has 0 unspecified atom stereocenters. The van der Waals surface area contributed by atoms with Gasteiger partial charge in [0.15, 0.2) is 0 Å². The fourth-order valence-corrected chi connectivity index (χ4v) is 1.70. The first-order valence-electron chi connectivity index (χ1n) is 6.04. The van der Waals surface area contributed by atoms with Gasteiger partial charge < -0.3 is 4.74 Å². The number of hydrogen-bond donors (Lipinski definition) is 0. The van der Waals surface area contributed by atoms with Crippen LogP contribution in [0, 0.1) is 6.92 Å². The van der Waals surface area contributed by atoms with E-state index in [-0.39, 0.29) is 5.97 Å². The fraction of sp³-hybridized carbons (Fsp3) is 0.125. The van der Waals surface area contributed by atoms with Crippen molar-refractivity contribution in [2.45, 2.75) is 13.8 Å². The first-order valence-corrected chi connectivity index (χ1v) is 6.04. The molecule has 0 aliphatic heterocycles. The largest absolute Gasteiger partial charge is 0.426 e. The van der Waals surface area contributed by atoms with Crippen LogP contribution in [0.4, 0.5) is 0 Å². The van der Waals surface area contributed by atoms with Crippen LogP contribution < -0.4 is 4.74 Å². The summed E-state index contributed by atoms with van der Waals surface area (Å²) in [6.45, 7) is 3.34. The standard InChI is InChI=1S/C16H15NO2/c1-12-6-5-8-15(17-12)11-10-14-7-3-4-9-16(14)19-13(2)18/h3-11H,1-2H3/b11-10+. The third-order valence-corrected chi connectivity index (χ3v) is 2.52. The number of esters is 1. The van der Waals surface area contributed by atoms with Crippen LogP contribution in [0.25, 0.3) is 12.2 Å². The van der Waals surface area contributed by atoms with Gasteiger partial charge in [0.2, 0.25) is 0 Å². The Morgan fingerprint density at radius 3 is 2.63 bits per heavy atom. The average molecular weight is 253 g/mol. The summed E-state index contributed by atoms with van der Waals surface area (Å²) in [4.78, 5) is 15.4. The van der Waals surface area contributed by atoms with Gasteiger partial charge in [-0.05, 0) is 37.3 Å². The van der Waals surface area contributed by atoms with Gasteiger partial charge in [0, 0.05) is 18.2 Å². The molecule has 0 amide bonds. The van der Waals surface area contributed by atoms with Crippen molar-refractivity contribution in [1.29, 1.82) is 0 Å². The molecule has 96 valence electrons. The number of para-hydroxylation sites is 1. The molecule has 0 radical (unpaired) electrons. The Bertz CT molecular complexity index is 618. The Kier molecular flexibility index (Phi) is 4.08. The number of hydrogen-bond acceptors (Lipinski definition) is 3. The molecule has 1 aromatic heterocycles. The van der Waals surface area contributed by atoms with E-state index in [1.54, 1.807) is 6.07 Å². The smallest absolute Gasteiger partial charge is 0.308 e. The molecule has 1 heterocycles. The van der Waals surface area contributed by atoms with E-state index in [1.807, 2.05) is 55.5 Å². The van der Waals surface area contributed by atoms with Gasteiger partial charge in [0.25, 0.3) is 0 Å². The van der Waals surface area contributed by atoms with E-state index in [9.17, 15) is 4.79 Å². The number of carbonyl (C=O) groups is 1. The van der Waals surface area contributed by atoms with Crippen LogP contribution in [0.15, 0.2) is 42.5 Å². The van der Waals surface area contributed by atoms with Crippen molar-refractivity contribution in [3.05, 3.63) is 59.4 Å². The molecule has 0 fully saturated rings. The van der Waals surface area contributed by atoms with Crippen LogP contribution in [0.3, 0.4) is 0 Å². The van der Waals surface area contributed by atoms with Crippen LogP contribution in [0.1, 0.15) is 23.9 Å². The number of benzene rings is 1. The van der Waals surface area contributed by atoms with Gasteiger partial charge >= 0.3 is 5.97 Å². The molecule has 0 aliphatic carbocycles. The lowest BCUT2D eigenvalue weighted by atomic mass is 10.1. The summed E-state index contributed by atoms with van der Waals surface area (Å²) in [5.74, 6) is 0.230. The van der Waals surface area contributed by atoms with Gasteiger partial charge in [-0.15, -0.1) is 0 Å². The van der Waals surface area contributed by atoms with Gasteiger partial charge in [-0.3, -0.25) is 9.78 Å². The van der Waals surface area contributed by atoms with Gasteiger partial charge in [0.05, 0.1) is 5.69 Å². The maximum atomic E-state index is 11.0. The molecule has 0 N–H and O–H groups in total. The number of nitrogens with zero attached hydrogens (tertiary/aromatic N) is 1. The van der Waals surface area contributed by atoms with E-state index in [1.165, 1.54) is 6.92 Å². The lowest BCUT2D eigenvalue weighted by molar-refractivity contribution is -0.131. The molecular weight excluding hydrogens is 238 g/mol. The second-order valence-corrected chi connectivity index (χ2v) is 4.17. The SMILES string of the molecule is CC(=O)Oc1ccccc1/C=C/c1cccc(C)n1. The van der Waals surface area contributed by atoms with E-state index in [0.29, 0.717) is 5.75 Å². The first-order chi connectivity index (χ1) is 9.15. The van der Waals surface area contributed by atoms with Gasteiger partial charge in [-0.1, -0.05) is 24.3 Å². The lowest BCUT2D eigenvalue weighted by Gasteiger charge is -2.04. The summed E-state index contributed by atoms with van der Waals surface area (Å²) < 4.78 is 5.15. The Balaban J connectivity index is 2.25. The number of aromatic nitrogens is 1. The highest BCUT2D eigenvalue weighted by atomic mass is 16.5. The fourth-order valence-electron chi connectivity index (χ4n) is 1.70. The predicted molar refractivity (Wildman–Crippen MR) is 75.7 cm³/mol. The number of ether oxygens (including phenoxy) is 1. The minimum absolute atomic E-state index is 0.325. The molecule has 3 nitrogen and oxygen atoms in total. The third-order valence-electron chi connectivity index (χ3n) is 2.52. The highest BCUT2D eigenvalue weighted by molar-refractivity contribution is 5.75. The van der Waals surface area contributed by atoms with Gasteiger partial charge in [-0.2, -0.15) is 0 Å². The van der Waals surface area contributed by atoms with Crippen molar-refractivity contribution in [3.8, 4) is 5.75 Å². The number of carbonyl (C=O) groups excluding carboxylic acids is 1. The normalized spacial score (nSPS) is 10.6. The molecule has 0 saturated carbocycles. The third kappa shape index (κ3) is 3.78. The Hall–Kier alpha value is -2.42. The summed E-state index contributed by atoms with van der Waals surface area (Å²) >= 11 is 0. The minimum Gasteiger partial charge on any atom is -0.426 e. The monoisotopic (exact) mass is 253 g/mol. The maximum absolute atomic E-state index is 11.0. The Morgan fingerprint density at radius 1 is 1.11 bits per heavy atom. The van der Waals surface area contributed by atoms with E-state index in [0.717, 1.165) is 17.0 Å². The summed E-state index contributed by atoms with van der Waals surface area (Å²) in [7, 11) is 0. The van der Waals surface area contributed by atoms with Crippen molar-refractivity contribution in [2.75, 3.05) is 0 Å². The van der Waals surface area contributed by atoms with E-state index in [2.05, 4.69) is 4.98 Å². The molecular formula is C16H15NO2. The second kappa shape index (κ2) is 5.96. The average Bonchev–Trinajstić information content (AvgIpc) is 2.37. The second-order valence-electron chi connectivity index (χ2n) is 4.17. The molecule has 1 aromatic carbocycles. The van der Waals surface area contributed by atoms with Crippen molar-refractivity contribution in [1.82, 2.24) is 4.98 Å². The molecule has 3 heteroatoms. The molecule has 0 spiro atoms. The number of aryl methyl sites for hydroxylation is 1. The van der Waals surface area contributed by atoms with Crippen LogP contribution >= 0.6 is 0 Å². The van der Waals surface area contributed by atoms with Crippen molar-refractivity contribution >= 4 is 18.1 Å². The minimum atomic E-state index is -0.325. The number of pyridine rings is 1. The van der Waals surface area contributed by atoms with Crippen molar-refractivity contribution in [3.63, 3.8) is 0 Å². The van der Waals surface area contributed by atoms with Gasteiger partial charge in [-0.25, -0.2) is 0 Å². The molecule has 2 aromatic rings. The zero-order chi connectivity index (χ0) is 13.7. The Labute approximate surface area is 112 Å². The summed E-state index contributed by atoms with van der Waals surface area (Å²) in [6, 6.07) is 13.2. The van der Waals surface area contributed by atoms with Crippen molar-refractivity contribution in [2.24, 2.45) is 0 Å². The Morgan fingerprint density at radius 2 is 1.89 bits per heavy atom. The number of rotatable bonds is 3. The topological polar surface area (TPSA) is 39.2 Å². The maximum Gasteiger partial charge on any atom is 0.308 e. The summed E-state index contributed by atoms with van der Waals surface area (Å²) in [5.41, 5.74) is 2.69. The van der Waals surface area contributed by atoms with Crippen molar-refractivity contribution < 1.29 is 9.53 Å². The van der Waals surface area contributed by atoms with E-state index < -0.39 is 0 Å². The first kappa shape index (κ1) is 13.0. The van der Waals surface area contributed by atoms with Crippen LogP contribution in [0.5, 0.6) is 5.75 Å². The molecule has 0 saturated heterocycles. The molecule has 0 aliphatic rings. The molecule has 2 rings (SSSR count). The van der Waals surface area contributed by atoms with Crippen LogP contribution in [0.2, 0.25) is 0 Å². The summed E-state index contributed by atoms with van der Waals surface area (Å²) in [6.07, 6.45) is 3.79. The quantitative estimate of drug-likeness (QED) is 0.621. The molecule has 19 heavy (non-hydrogen) atoms. The highest BCUT2D eigenvalue weighted by Gasteiger charge is 2.02. The highest BCUT2D eigenvalue weighted by Crippen LogP contribution is 2.20. The zero-order valence-electron chi connectivity index (χ0n) is 11.0. The zero-order valence-corrected chi connectivity index (χ0v) is 11.0. The van der Waals surface area contributed by atoms with Crippen LogP contribution in [-0.4, -0.2) is 11.0 Å².